The molecule has 0 radical (unpaired) electrons. The van der Waals surface area contributed by atoms with E-state index in [9.17, 15) is 4.79 Å². The van der Waals surface area contributed by atoms with E-state index < -0.39 is 0 Å². The fraction of sp³-hybridized carbons (Fsp3) is 0.0714. The summed E-state index contributed by atoms with van der Waals surface area (Å²) in [5.74, 6) is -0.180. The average Bonchev–Trinajstić information content (AvgIpc) is 2.97. The molecule has 3 aromatic rings. The Kier molecular flexibility index (Phi) is 3.62. The largest absolute Gasteiger partial charge is 0.346 e. The molecule has 1 aromatic carbocycles. The zero-order chi connectivity index (χ0) is 13.9. The topological polar surface area (TPSA) is 54.9 Å². The van der Waals surface area contributed by atoms with Crippen molar-refractivity contribution in [2.75, 3.05) is 0 Å². The van der Waals surface area contributed by atoms with Crippen LogP contribution in [0.15, 0.2) is 41.9 Å². The lowest BCUT2D eigenvalue weighted by Crippen LogP contribution is -2.23. The first-order valence-corrected chi connectivity index (χ1v) is 7.21. The third-order valence-electron chi connectivity index (χ3n) is 2.81. The highest BCUT2D eigenvalue weighted by atomic mass is 35.5. The van der Waals surface area contributed by atoms with Gasteiger partial charge in [0.05, 0.1) is 17.6 Å². The van der Waals surface area contributed by atoms with Crippen LogP contribution in [-0.2, 0) is 6.54 Å². The summed E-state index contributed by atoms with van der Waals surface area (Å²) in [5.41, 5.74) is 1.23. The van der Waals surface area contributed by atoms with Gasteiger partial charge in [-0.25, -0.2) is 9.97 Å². The Morgan fingerprint density at radius 1 is 1.35 bits per heavy atom. The Balaban J connectivity index is 1.90. The molecule has 0 bridgehead atoms. The van der Waals surface area contributed by atoms with Crippen LogP contribution < -0.4 is 5.32 Å². The Morgan fingerprint density at radius 3 is 3.00 bits per heavy atom. The fourth-order valence-corrected chi connectivity index (χ4v) is 2.68. The molecule has 0 aliphatic heterocycles. The summed E-state index contributed by atoms with van der Waals surface area (Å²) >= 11 is 7.47. The van der Waals surface area contributed by atoms with Crippen molar-refractivity contribution in [3.8, 4) is 0 Å². The van der Waals surface area contributed by atoms with E-state index in [2.05, 4.69) is 15.3 Å². The molecule has 3 rings (SSSR count). The average molecular weight is 304 g/mol. The van der Waals surface area contributed by atoms with Crippen molar-refractivity contribution in [3.63, 3.8) is 0 Å². The molecule has 0 atom stereocenters. The standard InChI is InChI=1S/C14H10ClN3OS/c15-12-7-10(9-3-1-2-4-11(9)18-12)14(19)17-8-13-16-5-6-20-13/h1-7H,8H2,(H,17,19). The SMILES string of the molecule is O=C(NCc1nccs1)c1cc(Cl)nc2ccccc12. The predicted octanol–water partition coefficient (Wildman–Crippen LogP) is 3.27. The van der Waals surface area contributed by atoms with Crippen LogP contribution in [0.4, 0.5) is 0 Å². The van der Waals surface area contributed by atoms with E-state index in [0.29, 0.717) is 22.8 Å². The van der Waals surface area contributed by atoms with Gasteiger partial charge < -0.3 is 5.32 Å². The number of benzene rings is 1. The van der Waals surface area contributed by atoms with Crippen molar-refractivity contribution >= 4 is 39.7 Å². The van der Waals surface area contributed by atoms with E-state index in [0.717, 1.165) is 10.4 Å². The fourth-order valence-electron chi connectivity index (χ4n) is 1.92. The lowest BCUT2D eigenvalue weighted by Gasteiger charge is -2.07. The summed E-state index contributed by atoms with van der Waals surface area (Å²) < 4.78 is 0. The number of nitrogens with zero attached hydrogens (tertiary/aromatic N) is 2. The minimum atomic E-state index is -0.180. The van der Waals surface area contributed by atoms with Crippen LogP contribution in [0.2, 0.25) is 5.15 Å². The highest BCUT2D eigenvalue weighted by Gasteiger charge is 2.12. The van der Waals surface area contributed by atoms with Gasteiger partial charge in [-0.1, -0.05) is 29.8 Å². The second kappa shape index (κ2) is 5.56. The van der Waals surface area contributed by atoms with Crippen LogP contribution >= 0.6 is 22.9 Å². The van der Waals surface area contributed by atoms with Crippen molar-refractivity contribution < 1.29 is 4.79 Å². The molecular formula is C14H10ClN3OS. The van der Waals surface area contributed by atoms with Crippen LogP contribution in [0.25, 0.3) is 10.9 Å². The molecule has 2 heterocycles. The van der Waals surface area contributed by atoms with Crippen LogP contribution in [0.5, 0.6) is 0 Å². The molecule has 0 unspecified atom stereocenters. The van der Waals surface area contributed by atoms with Crippen molar-refractivity contribution in [1.29, 1.82) is 0 Å². The highest BCUT2D eigenvalue weighted by molar-refractivity contribution is 7.09. The van der Waals surface area contributed by atoms with Gasteiger partial charge in [0.25, 0.3) is 5.91 Å². The number of amides is 1. The molecule has 100 valence electrons. The van der Waals surface area contributed by atoms with Crippen molar-refractivity contribution in [2.45, 2.75) is 6.54 Å². The predicted molar refractivity (Wildman–Crippen MR) is 80.0 cm³/mol. The van der Waals surface area contributed by atoms with Gasteiger partial charge in [-0.15, -0.1) is 11.3 Å². The zero-order valence-electron chi connectivity index (χ0n) is 10.3. The molecule has 0 saturated heterocycles. The second-order valence-electron chi connectivity index (χ2n) is 4.12. The van der Waals surface area contributed by atoms with E-state index in [1.807, 2.05) is 29.6 Å². The van der Waals surface area contributed by atoms with Gasteiger partial charge in [-0.05, 0) is 12.1 Å². The number of hydrogen-bond donors (Lipinski definition) is 1. The number of halogens is 1. The first-order chi connectivity index (χ1) is 9.74. The van der Waals surface area contributed by atoms with Gasteiger partial charge in [-0.2, -0.15) is 0 Å². The van der Waals surface area contributed by atoms with Gasteiger partial charge in [0, 0.05) is 17.0 Å². The lowest BCUT2D eigenvalue weighted by atomic mass is 10.1. The Bertz CT molecular complexity index is 758. The van der Waals surface area contributed by atoms with E-state index >= 15 is 0 Å². The van der Waals surface area contributed by atoms with E-state index in [-0.39, 0.29) is 5.91 Å². The number of carbonyl (C=O) groups is 1. The van der Waals surface area contributed by atoms with E-state index in [1.54, 1.807) is 12.3 Å². The molecule has 1 N–H and O–H groups in total. The van der Waals surface area contributed by atoms with Crippen LogP contribution in [0, 0.1) is 0 Å². The molecule has 0 fully saturated rings. The van der Waals surface area contributed by atoms with Gasteiger partial charge in [0.1, 0.15) is 10.2 Å². The number of nitrogens with one attached hydrogen (secondary N) is 1. The summed E-state index contributed by atoms with van der Waals surface area (Å²) in [6.45, 7) is 0.408. The van der Waals surface area contributed by atoms with Crippen molar-refractivity contribution in [3.05, 3.63) is 57.6 Å². The molecule has 4 nitrogen and oxygen atoms in total. The smallest absolute Gasteiger partial charge is 0.252 e. The maximum atomic E-state index is 12.3. The molecule has 0 spiro atoms. The van der Waals surface area contributed by atoms with Gasteiger partial charge in [0.15, 0.2) is 0 Å². The Hall–Kier alpha value is -1.98. The van der Waals surface area contributed by atoms with Crippen LogP contribution in [0.3, 0.4) is 0 Å². The summed E-state index contributed by atoms with van der Waals surface area (Å²) in [6.07, 6.45) is 1.71. The van der Waals surface area contributed by atoms with Crippen molar-refractivity contribution in [2.24, 2.45) is 0 Å². The summed E-state index contributed by atoms with van der Waals surface area (Å²) in [6, 6.07) is 9.01. The molecule has 2 aromatic heterocycles. The maximum absolute atomic E-state index is 12.3. The first kappa shape index (κ1) is 13.0. The monoisotopic (exact) mass is 303 g/mol. The summed E-state index contributed by atoms with van der Waals surface area (Å²) in [5, 5.41) is 6.68. The lowest BCUT2D eigenvalue weighted by molar-refractivity contribution is 0.0952. The third-order valence-corrected chi connectivity index (χ3v) is 3.79. The molecule has 0 aliphatic rings. The highest BCUT2D eigenvalue weighted by Crippen LogP contribution is 2.20. The summed E-state index contributed by atoms with van der Waals surface area (Å²) in [7, 11) is 0. The van der Waals surface area contributed by atoms with E-state index in [4.69, 9.17) is 11.6 Å². The quantitative estimate of drug-likeness (QED) is 0.756. The minimum Gasteiger partial charge on any atom is -0.346 e. The normalized spacial score (nSPS) is 10.7. The van der Waals surface area contributed by atoms with Crippen molar-refractivity contribution in [1.82, 2.24) is 15.3 Å². The number of pyridine rings is 1. The number of fused-ring (bicyclic) bond motifs is 1. The number of carbonyl (C=O) groups excluding carboxylic acids is 1. The Labute approximate surface area is 124 Å². The molecular weight excluding hydrogens is 294 g/mol. The zero-order valence-corrected chi connectivity index (χ0v) is 11.9. The van der Waals surface area contributed by atoms with Gasteiger partial charge >= 0.3 is 0 Å². The molecule has 6 heteroatoms. The first-order valence-electron chi connectivity index (χ1n) is 5.96. The maximum Gasteiger partial charge on any atom is 0.252 e. The number of rotatable bonds is 3. The van der Waals surface area contributed by atoms with Gasteiger partial charge in [0.2, 0.25) is 0 Å². The molecule has 0 saturated carbocycles. The summed E-state index contributed by atoms with van der Waals surface area (Å²) in [4.78, 5) is 20.6. The molecule has 1 amide bonds. The van der Waals surface area contributed by atoms with Crippen LogP contribution in [0.1, 0.15) is 15.4 Å². The third kappa shape index (κ3) is 2.64. The molecule has 0 aliphatic carbocycles. The second-order valence-corrected chi connectivity index (χ2v) is 5.48. The van der Waals surface area contributed by atoms with E-state index in [1.165, 1.54) is 11.3 Å². The number of para-hydroxylation sites is 1. The van der Waals surface area contributed by atoms with Gasteiger partial charge in [-0.3, -0.25) is 4.79 Å². The number of thiazole rings is 1. The van der Waals surface area contributed by atoms with Crippen LogP contribution in [-0.4, -0.2) is 15.9 Å². The molecule has 20 heavy (non-hydrogen) atoms. The minimum absolute atomic E-state index is 0.180. The Morgan fingerprint density at radius 2 is 2.20 bits per heavy atom. The number of hydrogen-bond acceptors (Lipinski definition) is 4. The number of aromatic nitrogens is 2.